The third kappa shape index (κ3) is 4.49. The first-order chi connectivity index (χ1) is 17.6. The van der Waals surface area contributed by atoms with Crippen molar-refractivity contribution in [3.63, 3.8) is 0 Å². The molecule has 4 N–H and O–H groups in total. The fraction of sp³-hybridized carbons (Fsp3) is 0.333. The Balaban J connectivity index is 0.000000153. The molecule has 0 saturated carbocycles. The minimum absolute atomic E-state index is 0.0108. The second kappa shape index (κ2) is 9.26. The van der Waals surface area contributed by atoms with Gasteiger partial charge in [0.1, 0.15) is 0 Å². The zero-order chi connectivity index (χ0) is 26.4. The van der Waals surface area contributed by atoms with Crippen molar-refractivity contribution in [3.05, 3.63) is 92.0 Å². The molecule has 0 fully saturated rings. The van der Waals surface area contributed by atoms with Gasteiger partial charge < -0.3 is 29.7 Å². The number of nitrogens with zero attached hydrogens (tertiary/aromatic N) is 3. The van der Waals surface area contributed by atoms with Crippen LogP contribution in [-0.4, -0.2) is 61.8 Å². The molecule has 0 bridgehead atoms. The number of nitro benzene ring substituents is 1. The lowest BCUT2D eigenvalue weighted by atomic mass is 9.96. The molecular formula is C24H25N7O6. The van der Waals surface area contributed by atoms with Crippen LogP contribution in [0.15, 0.2) is 37.4 Å². The topological polar surface area (TPSA) is 181 Å². The molecule has 13 nitrogen and oxygen atoms in total. The average molecular weight is 508 g/mol. The standard InChI is InChI=1S/C12H12N4O4.C12H13N3O2/c1-15-3-2-6-7(5-15)10-8(4-9(6)16(19)20)13-11(17)12(18)14-10;1-15-5-4-7-2-3-9-10(8(7)6-15)14-12(17)11(16)13-9/h4H,2-3,5H2,1H3,(H,13,17)(H,14,18);2-3H,4-6H2,1H3,(H,13,16)(H,14,17). The van der Waals surface area contributed by atoms with Crippen LogP contribution in [0, 0.1) is 10.1 Å². The maximum absolute atomic E-state index is 11.5. The van der Waals surface area contributed by atoms with Crippen LogP contribution >= 0.6 is 0 Å². The molecule has 0 spiro atoms. The van der Waals surface area contributed by atoms with Crippen LogP contribution in [-0.2, 0) is 25.9 Å². The Hall–Kier alpha value is -4.36. The Morgan fingerprint density at radius 2 is 1.27 bits per heavy atom. The maximum atomic E-state index is 11.5. The summed E-state index contributed by atoms with van der Waals surface area (Å²) in [4.78, 5) is 70.6. The normalized spacial score (nSPS) is 15.6. The molecule has 2 aliphatic heterocycles. The summed E-state index contributed by atoms with van der Waals surface area (Å²) in [5, 5.41) is 11.2. The molecule has 0 aliphatic carbocycles. The molecule has 2 aromatic heterocycles. The predicted octanol–water partition coefficient (Wildman–Crippen LogP) is 0.317. The van der Waals surface area contributed by atoms with Gasteiger partial charge in [-0.15, -0.1) is 0 Å². The molecule has 0 unspecified atom stereocenters. The van der Waals surface area contributed by atoms with Crippen LogP contribution in [0.25, 0.3) is 22.1 Å². The number of hydrogen-bond donors (Lipinski definition) is 4. The summed E-state index contributed by atoms with van der Waals surface area (Å²) in [7, 11) is 3.95. The Kier molecular flexibility index (Phi) is 6.09. The Morgan fingerprint density at radius 1 is 0.730 bits per heavy atom. The second-order valence-corrected chi connectivity index (χ2v) is 9.45. The van der Waals surface area contributed by atoms with Crippen molar-refractivity contribution in [1.82, 2.24) is 29.7 Å². The molecule has 0 amide bonds. The van der Waals surface area contributed by atoms with Crippen LogP contribution in [0.4, 0.5) is 5.69 Å². The Morgan fingerprint density at radius 3 is 1.92 bits per heavy atom. The second-order valence-electron chi connectivity index (χ2n) is 9.45. The molecule has 0 atom stereocenters. The van der Waals surface area contributed by atoms with Crippen molar-refractivity contribution in [3.8, 4) is 0 Å². The summed E-state index contributed by atoms with van der Waals surface area (Å²) in [6.45, 7) is 3.03. The number of aromatic amines is 4. The monoisotopic (exact) mass is 507 g/mol. The number of benzene rings is 2. The van der Waals surface area contributed by atoms with Gasteiger partial charge >= 0.3 is 22.2 Å². The van der Waals surface area contributed by atoms with Crippen LogP contribution in [0.1, 0.15) is 22.3 Å². The smallest absolute Gasteiger partial charge is 0.314 e. The largest absolute Gasteiger partial charge is 0.316 e. The highest BCUT2D eigenvalue weighted by atomic mass is 16.6. The molecule has 4 heterocycles. The van der Waals surface area contributed by atoms with E-state index in [4.69, 9.17) is 0 Å². The Bertz CT molecular complexity index is 1800. The number of hydrogen-bond acceptors (Lipinski definition) is 8. The van der Waals surface area contributed by atoms with Crippen LogP contribution in [0.5, 0.6) is 0 Å². The molecule has 4 aromatic rings. The highest BCUT2D eigenvalue weighted by Crippen LogP contribution is 2.32. The van der Waals surface area contributed by atoms with Crippen LogP contribution < -0.4 is 22.2 Å². The average Bonchev–Trinajstić information content (AvgIpc) is 2.85. The number of fused-ring (bicyclic) bond motifs is 6. The highest BCUT2D eigenvalue weighted by molar-refractivity contribution is 5.83. The van der Waals surface area contributed by atoms with Gasteiger partial charge in [-0.2, -0.15) is 0 Å². The molecule has 13 heteroatoms. The van der Waals surface area contributed by atoms with Gasteiger partial charge in [0.25, 0.3) is 5.69 Å². The first kappa shape index (κ1) is 24.3. The minimum atomic E-state index is -0.809. The summed E-state index contributed by atoms with van der Waals surface area (Å²) < 4.78 is 0. The molecule has 2 aromatic carbocycles. The molecule has 37 heavy (non-hydrogen) atoms. The van der Waals surface area contributed by atoms with E-state index in [1.807, 2.05) is 31.1 Å². The van der Waals surface area contributed by atoms with E-state index in [-0.39, 0.29) is 11.2 Å². The highest BCUT2D eigenvalue weighted by Gasteiger charge is 2.26. The van der Waals surface area contributed by atoms with E-state index in [1.54, 1.807) is 0 Å². The van der Waals surface area contributed by atoms with Gasteiger partial charge in [-0.05, 0) is 44.1 Å². The predicted molar refractivity (Wildman–Crippen MR) is 137 cm³/mol. The molecule has 0 radical (unpaired) electrons. The summed E-state index contributed by atoms with van der Waals surface area (Å²) >= 11 is 0. The van der Waals surface area contributed by atoms with E-state index < -0.39 is 27.2 Å². The van der Waals surface area contributed by atoms with Crippen molar-refractivity contribution in [2.75, 3.05) is 27.2 Å². The number of aromatic nitrogens is 4. The van der Waals surface area contributed by atoms with E-state index in [2.05, 4.69) is 24.8 Å². The van der Waals surface area contributed by atoms with Crippen molar-refractivity contribution in [2.45, 2.75) is 25.9 Å². The molecular weight excluding hydrogens is 482 g/mol. The number of H-pyrrole nitrogens is 4. The first-order valence-corrected chi connectivity index (χ1v) is 11.7. The lowest BCUT2D eigenvalue weighted by molar-refractivity contribution is -0.385. The number of nitro groups is 1. The lowest BCUT2D eigenvalue weighted by Crippen LogP contribution is -2.32. The summed E-state index contributed by atoms with van der Waals surface area (Å²) in [6.07, 6.45) is 1.52. The lowest BCUT2D eigenvalue weighted by Gasteiger charge is -2.25. The fourth-order valence-electron chi connectivity index (χ4n) is 4.99. The van der Waals surface area contributed by atoms with Crippen molar-refractivity contribution >= 4 is 27.8 Å². The van der Waals surface area contributed by atoms with Crippen molar-refractivity contribution in [1.29, 1.82) is 0 Å². The number of likely N-dealkylation sites (N-methyl/N-ethyl adjacent to an activating group) is 2. The first-order valence-electron chi connectivity index (χ1n) is 11.7. The summed E-state index contributed by atoms with van der Waals surface area (Å²) in [5.41, 5.74) is 3.17. The van der Waals surface area contributed by atoms with E-state index in [0.717, 1.165) is 30.6 Å². The molecule has 0 saturated heterocycles. The van der Waals surface area contributed by atoms with Gasteiger partial charge in [0.15, 0.2) is 0 Å². The SMILES string of the molecule is CN1CCc2c([N+](=O)[O-])cc3[nH]c(=O)c(=O)[nH]c3c2C1.CN1CCc2ccc3[nH]c(=O)c(=O)[nH]c3c2C1. The fourth-order valence-corrected chi connectivity index (χ4v) is 4.99. The molecule has 2 aliphatic rings. The van der Waals surface area contributed by atoms with E-state index in [0.29, 0.717) is 41.7 Å². The van der Waals surface area contributed by atoms with Crippen molar-refractivity contribution in [2.24, 2.45) is 0 Å². The third-order valence-electron chi connectivity index (χ3n) is 6.88. The summed E-state index contributed by atoms with van der Waals surface area (Å²) in [6, 6.07) is 5.20. The van der Waals surface area contributed by atoms with Gasteiger partial charge in [0, 0.05) is 43.4 Å². The van der Waals surface area contributed by atoms with E-state index >= 15 is 0 Å². The number of rotatable bonds is 1. The van der Waals surface area contributed by atoms with Crippen LogP contribution in [0.2, 0.25) is 0 Å². The minimum Gasteiger partial charge on any atom is -0.316 e. The molecule has 6 rings (SSSR count). The third-order valence-corrected chi connectivity index (χ3v) is 6.88. The maximum Gasteiger partial charge on any atom is 0.314 e. The summed E-state index contributed by atoms with van der Waals surface area (Å²) in [5.74, 6) is 0. The van der Waals surface area contributed by atoms with Gasteiger partial charge in [0.05, 0.1) is 27.0 Å². The van der Waals surface area contributed by atoms with Gasteiger partial charge in [-0.1, -0.05) is 6.07 Å². The molecule has 192 valence electrons. The quantitative estimate of drug-likeness (QED) is 0.161. The number of nitrogens with one attached hydrogen (secondary N) is 4. The van der Waals surface area contributed by atoms with Gasteiger partial charge in [0.2, 0.25) is 0 Å². The Labute approximate surface area is 207 Å². The van der Waals surface area contributed by atoms with Crippen molar-refractivity contribution < 1.29 is 4.92 Å². The zero-order valence-electron chi connectivity index (χ0n) is 20.3. The van der Waals surface area contributed by atoms with Gasteiger partial charge in [-0.3, -0.25) is 29.3 Å². The van der Waals surface area contributed by atoms with Crippen LogP contribution in [0.3, 0.4) is 0 Å². The van der Waals surface area contributed by atoms with Gasteiger partial charge in [-0.25, -0.2) is 0 Å². The van der Waals surface area contributed by atoms with E-state index in [9.17, 15) is 29.3 Å². The van der Waals surface area contributed by atoms with E-state index in [1.165, 1.54) is 11.6 Å². The zero-order valence-corrected chi connectivity index (χ0v) is 20.3.